The molecule has 1 amide bonds. The number of nitrogens with one attached hydrogen (secondary N) is 2. The van der Waals surface area contributed by atoms with Crippen LogP contribution in [0.5, 0.6) is 0 Å². The molecule has 0 saturated carbocycles. The Kier molecular flexibility index (Phi) is 7.28. The summed E-state index contributed by atoms with van der Waals surface area (Å²) in [6, 6.07) is 13.1. The summed E-state index contributed by atoms with van der Waals surface area (Å²) in [5.41, 5.74) is 2.52. The van der Waals surface area contributed by atoms with Gasteiger partial charge in [-0.2, -0.15) is 0 Å². The minimum absolute atomic E-state index is 0.0826. The largest absolute Gasteiger partial charge is 0.368 e. The number of anilines is 1. The van der Waals surface area contributed by atoms with Gasteiger partial charge in [0.1, 0.15) is 5.69 Å². The molecular formula is C23H25Cl3N4O. The number of H-pyrrole nitrogens is 1. The Labute approximate surface area is 197 Å². The Morgan fingerprint density at radius 3 is 2.45 bits per heavy atom. The number of carbonyl (C=O) groups is 1. The maximum absolute atomic E-state index is 12.4. The van der Waals surface area contributed by atoms with Crippen molar-refractivity contribution in [3.63, 3.8) is 0 Å². The van der Waals surface area contributed by atoms with Crippen molar-refractivity contribution in [2.45, 2.75) is 12.8 Å². The predicted molar refractivity (Wildman–Crippen MR) is 130 cm³/mol. The van der Waals surface area contributed by atoms with Gasteiger partial charge in [0.05, 0.1) is 10.7 Å². The van der Waals surface area contributed by atoms with E-state index < -0.39 is 0 Å². The molecule has 0 atom stereocenters. The van der Waals surface area contributed by atoms with Gasteiger partial charge in [-0.25, -0.2) is 0 Å². The van der Waals surface area contributed by atoms with Crippen LogP contribution in [0.25, 0.3) is 10.9 Å². The zero-order valence-electron chi connectivity index (χ0n) is 17.1. The number of carbonyl (C=O) groups excluding carboxylic acids is 1. The van der Waals surface area contributed by atoms with E-state index in [0.717, 1.165) is 62.2 Å². The highest BCUT2D eigenvalue weighted by Crippen LogP contribution is 2.29. The fourth-order valence-corrected chi connectivity index (χ4v) is 4.64. The van der Waals surface area contributed by atoms with Gasteiger partial charge < -0.3 is 15.2 Å². The van der Waals surface area contributed by atoms with E-state index in [4.69, 9.17) is 34.8 Å². The zero-order valence-corrected chi connectivity index (χ0v) is 19.4. The number of fused-ring (bicyclic) bond motifs is 1. The zero-order chi connectivity index (χ0) is 21.8. The van der Waals surface area contributed by atoms with Crippen LogP contribution in [0.4, 0.5) is 5.69 Å². The van der Waals surface area contributed by atoms with Crippen molar-refractivity contribution in [1.82, 2.24) is 15.2 Å². The maximum atomic E-state index is 12.4. The summed E-state index contributed by atoms with van der Waals surface area (Å²) >= 11 is 18.3. The van der Waals surface area contributed by atoms with E-state index in [2.05, 4.69) is 20.1 Å². The summed E-state index contributed by atoms with van der Waals surface area (Å²) in [5.74, 6) is -0.0826. The number of hydrogen-bond acceptors (Lipinski definition) is 3. The number of unbranched alkanes of at least 4 members (excludes halogenated alkanes) is 1. The molecule has 1 aliphatic rings. The van der Waals surface area contributed by atoms with Gasteiger partial charge in [-0.05, 0) is 61.9 Å². The number of aromatic nitrogens is 1. The third-order valence-electron chi connectivity index (χ3n) is 5.64. The number of hydrogen-bond donors (Lipinski definition) is 2. The first-order valence-electron chi connectivity index (χ1n) is 10.5. The van der Waals surface area contributed by atoms with Crippen molar-refractivity contribution in [2.75, 3.05) is 44.2 Å². The van der Waals surface area contributed by atoms with E-state index in [1.54, 1.807) is 6.07 Å². The summed E-state index contributed by atoms with van der Waals surface area (Å²) in [6.45, 7) is 5.59. The molecule has 1 fully saturated rings. The molecule has 0 unspecified atom stereocenters. The van der Waals surface area contributed by atoms with Crippen LogP contribution in [0.3, 0.4) is 0 Å². The van der Waals surface area contributed by atoms with Gasteiger partial charge >= 0.3 is 0 Å². The number of piperazine rings is 1. The average Bonchev–Trinajstić information content (AvgIpc) is 3.17. The molecule has 1 aromatic heterocycles. The Morgan fingerprint density at radius 1 is 0.935 bits per heavy atom. The first-order chi connectivity index (χ1) is 15.0. The van der Waals surface area contributed by atoms with Crippen molar-refractivity contribution < 1.29 is 4.79 Å². The van der Waals surface area contributed by atoms with Crippen LogP contribution < -0.4 is 10.2 Å². The number of amides is 1. The van der Waals surface area contributed by atoms with Gasteiger partial charge in [-0.3, -0.25) is 9.69 Å². The van der Waals surface area contributed by atoms with Crippen molar-refractivity contribution in [1.29, 1.82) is 0 Å². The lowest BCUT2D eigenvalue weighted by molar-refractivity contribution is 0.0948. The second-order valence-corrected chi connectivity index (χ2v) is 9.08. The van der Waals surface area contributed by atoms with Crippen LogP contribution in [-0.2, 0) is 0 Å². The number of halogens is 3. The standard InChI is InChI=1S/C23H25Cl3N4O/c24-17-3-5-20-16(13-17)14-21(28-20)23(31)27-7-1-2-8-29-9-11-30(12-10-29)22-6-4-18(25)15-19(22)26/h3-6,13-15,28H,1-2,7-12H2,(H,27,31). The van der Waals surface area contributed by atoms with E-state index in [1.165, 1.54) is 0 Å². The molecule has 0 bridgehead atoms. The van der Waals surface area contributed by atoms with E-state index in [9.17, 15) is 4.79 Å². The van der Waals surface area contributed by atoms with Gasteiger partial charge in [0, 0.05) is 53.7 Å². The van der Waals surface area contributed by atoms with Gasteiger partial charge in [-0.15, -0.1) is 0 Å². The summed E-state index contributed by atoms with van der Waals surface area (Å²) in [6.07, 6.45) is 1.99. The molecule has 2 N–H and O–H groups in total. The monoisotopic (exact) mass is 478 g/mol. The molecule has 4 rings (SSSR count). The minimum atomic E-state index is -0.0826. The molecule has 164 valence electrons. The molecule has 2 aromatic carbocycles. The number of rotatable bonds is 7. The fraction of sp³-hybridized carbons (Fsp3) is 0.348. The normalized spacial score (nSPS) is 14.9. The summed E-state index contributed by atoms with van der Waals surface area (Å²) in [5, 5.41) is 5.96. The van der Waals surface area contributed by atoms with Gasteiger partial charge in [0.2, 0.25) is 0 Å². The highest BCUT2D eigenvalue weighted by atomic mass is 35.5. The summed E-state index contributed by atoms with van der Waals surface area (Å²) < 4.78 is 0. The highest BCUT2D eigenvalue weighted by molar-refractivity contribution is 6.36. The Hall–Kier alpha value is -1.92. The van der Waals surface area contributed by atoms with Crippen molar-refractivity contribution >= 4 is 57.3 Å². The maximum Gasteiger partial charge on any atom is 0.267 e. The van der Waals surface area contributed by atoms with Crippen LogP contribution in [0.15, 0.2) is 42.5 Å². The predicted octanol–water partition coefficient (Wildman–Crippen LogP) is 5.46. The smallest absolute Gasteiger partial charge is 0.267 e. The molecule has 0 aliphatic carbocycles. The van der Waals surface area contributed by atoms with Crippen molar-refractivity contribution in [3.05, 3.63) is 63.2 Å². The topological polar surface area (TPSA) is 51.4 Å². The van der Waals surface area contributed by atoms with Crippen LogP contribution in [0, 0.1) is 0 Å². The second-order valence-electron chi connectivity index (χ2n) is 7.80. The van der Waals surface area contributed by atoms with E-state index >= 15 is 0 Å². The molecule has 2 heterocycles. The van der Waals surface area contributed by atoms with Crippen LogP contribution in [0.1, 0.15) is 23.3 Å². The minimum Gasteiger partial charge on any atom is -0.368 e. The van der Waals surface area contributed by atoms with Crippen LogP contribution in [-0.4, -0.2) is 55.1 Å². The van der Waals surface area contributed by atoms with Crippen molar-refractivity contribution in [2.24, 2.45) is 0 Å². The molecule has 5 nitrogen and oxygen atoms in total. The molecule has 31 heavy (non-hydrogen) atoms. The summed E-state index contributed by atoms with van der Waals surface area (Å²) in [7, 11) is 0. The first-order valence-corrected chi connectivity index (χ1v) is 11.6. The SMILES string of the molecule is O=C(NCCCCN1CCN(c2ccc(Cl)cc2Cl)CC1)c1cc2cc(Cl)ccc2[nH]1. The molecule has 8 heteroatoms. The third-order valence-corrected chi connectivity index (χ3v) is 6.41. The number of aromatic amines is 1. The molecule has 0 spiro atoms. The molecule has 0 radical (unpaired) electrons. The average molecular weight is 480 g/mol. The van der Waals surface area contributed by atoms with Crippen molar-refractivity contribution in [3.8, 4) is 0 Å². The van der Waals surface area contributed by atoms with Crippen LogP contribution >= 0.6 is 34.8 Å². The van der Waals surface area contributed by atoms with E-state index in [-0.39, 0.29) is 5.91 Å². The molecule has 1 aliphatic heterocycles. The lowest BCUT2D eigenvalue weighted by atomic mass is 10.2. The Bertz CT molecular complexity index is 1060. The van der Waals surface area contributed by atoms with Gasteiger partial charge in [0.15, 0.2) is 0 Å². The lowest BCUT2D eigenvalue weighted by Gasteiger charge is -2.36. The van der Waals surface area contributed by atoms with E-state index in [0.29, 0.717) is 27.3 Å². The fourth-order valence-electron chi connectivity index (χ4n) is 3.93. The second kappa shape index (κ2) is 10.1. The Balaban J connectivity index is 1.15. The Morgan fingerprint density at radius 2 is 1.68 bits per heavy atom. The summed E-state index contributed by atoms with van der Waals surface area (Å²) in [4.78, 5) is 20.3. The van der Waals surface area contributed by atoms with Crippen LogP contribution in [0.2, 0.25) is 15.1 Å². The number of benzene rings is 2. The molecule has 1 saturated heterocycles. The highest BCUT2D eigenvalue weighted by Gasteiger charge is 2.18. The first kappa shape index (κ1) is 22.3. The quantitative estimate of drug-likeness (QED) is 0.442. The molecular weight excluding hydrogens is 455 g/mol. The van der Waals surface area contributed by atoms with Gasteiger partial charge in [0.25, 0.3) is 5.91 Å². The van der Waals surface area contributed by atoms with E-state index in [1.807, 2.05) is 36.4 Å². The molecule has 3 aromatic rings. The number of nitrogens with zero attached hydrogens (tertiary/aromatic N) is 2. The lowest BCUT2D eigenvalue weighted by Crippen LogP contribution is -2.46. The van der Waals surface area contributed by atoms with Gasteiger partial charge in [-0.1, -0.05) is 34.8 Å². The third kappa shape index (κ3) is 5.66.